The third-order valence-corrected chi connectivity index (χ3v) is 6.44. The number of nitrogens with zero attached hydrogens (tertiary/aromatic N) is 3. The van der Waals surface area contributed by atoms with Gasteiger partial charge in [0.2, 0.25) is 0 Å². The summed E-state index contributed by atoms with van der Waals surface area (Å²) in [4.78, 5) is 2.45. The van der Waals surface area contributed by atoms with Gasteiger partial charge in [-0.3, -0.25) is 9.58 Å². The number of hydrogen-bond acceptors (Lipinski definition) is 5. The van der Waals surface area contributed by atoms with Crippen LogP contribution in [0.4, 0.5) is 4.39 Å². The summed E-state index contributed by atoms with van der Waals surface area (Å²) in [5, 5.41) is 4.20. The summed E-state index contributed by atoms with van der Waals surface area (Å²) >= 11 is 0. The molecular weight excluding hydrogens is 433 g/mol. The maximum atomic E-state index is 13.9. The van der Waals surface area contributed by atoms with Crippen molar-refractivity contribution in [2.24, 2.45) is 0 Å². The van der Waals surface area contributed by atoms with Crippen LogP contribution < -0.4 is 9.47 Å². The molecule has 6 nitrogen and oxygen atoms in total. The molecule has 2 aromatic carbocycles. The predicted octanol–water partition coefficient (Wildman–Crippen LogP) is 4.94. The molecule has 0 unspecified atom stereocenters. The normalized spacial score (nSPS) is 19.0. The fourth-order valence-corrected chi connectivity index (χ4v) is 4.36. The lowest BCUT2D eigenvalue weighted by atomic mass is 9.95. The fraction of sp³-hybridized carbons (Fsp3) is 0.444. The van der Waals surface area contributed by atoms with Crippen molar-refractivity contribution in [2.75, 3.05) is 33.4 Å². The molecule has 34 heavy (non-hydrogen) atoms. The van der Waals surface area contributed by atoms with Crippen molar-refractivity contribution in [1.29, 1.82) is 0 Å². The summed E-state index contributed by atoms with van der Waals surface area (Å²) in [6.07, 6.45) is 7.41. The standard InChI is InChI=1S/C27H34FN3O3/c1-32-27(22-34-26-8-3-2-7-25(26)28)13-4-16-30(19-14-27)21-23-9-11-24(12-10-23)33-20-6-18-31-17-5-15-29-31/h2-3,5,7-12,15,17H,4,6,13-14,16,18-22H2,1H3/t27-/m0/s1. The van der Waals surface area contributed by atoms with Crippen molar-refractivity contribution < 1.29 is 18.6 Å². The van der Waals surface area contributed by atoms with Crippen LogP contribution in [0.25, 0.3) is 0 Å². The number of ether oxygens (including phenoxy) is 3. The number of hydrogen-bond donors (Lipinski definition) is 0. The second-order valence-corrected chi connectivity index (χ2v) is 8.85. The van der Waals surface area contributed by atoms with Crippen LogP contribution >= 0.6 is 0 Å². The zero-order chi connectivity index (χ0) is 23.6. The second-order valence-electron chi connectivity index (χ2n) is 8.85. The van der Waals surface area contributed by atoms with Gasteiger partial charge in [-0.25, -0.2) is 4.39 Å². The van der Waals surface area contributed by atoms with Gasteiger partial charge in [0, 0.05) is 45.6 Å². The Bertz CT molecular complexity index is 997. The smallest absolute Gasteiger partial charge is 0.165 e. The summed E-state index contributed by atoms with van der Waals surface area (Å²) in [7, 11) is 1.73. The van der Waals surface area contributed by atoms with E-state index in [0.29, 0.717) is 13.2 Å². The monoisotopic (exact) mass is 467 g/mol. The van der Waals surface area contributed by atoms with E-state index in [4.69, 9.17) is 14.2 Å². The second kappa shape index (κ2) is 12.0. The van der Waals surface area contributed by atoms with E-state index in [1.165, 1.54) is 11.6 Å². The van der Waals surface area contributed by atoms with Crippen LogP contribution in [0.2, 0.25) is 0 Å². The van der Waals surface area contributed by atoms with Gasteiger partial charge >= 0.3 is 0 Å². The molecule has 182 valence electrons. The highest BCUT2D eigenvalue weighted by Gasteiger charge is 2.33. The van der Waals surface area contributed by atoms with E-state index in [1.54, 1.807) is 31.5 Å². The molecule has 0 saturated carbocycles. The van der Waals surface area contributed by atoms with Crippen LogP contribution in [0.3, 0.4) is 0 Å². The number of likely N-dealkylation sites (tertiary alicyclic amines) is 1. The van der Waals surface area contributed by atoms with Crippen LogP contribution in [-0.4, -0.2) is 53.7 Å². The molecule has 2 heterocycles. The molecule has 1 saturated heterocycles. The van der Waals surface area contributed by atoms with E-state index >= 15 is 0 Å². The first kappa shape index (κ1) is 24.2. The number of benzene rings is 2. The van der Waals surface area contributed by atoms with Crippen molar-refractivity contribution in [1.82, 2.24) is 14.7 Å². The molecular formula is C27H34FN3O3. The molecule has 0 amide bonds. The van der Waals surface area contributed by atoms with E-state index in [2.05, 4.69) is 22.1 Å². The Morgan fingerprint density at radius 3 is 2.62 bits per heavy atom. The van der Waals surface area contributed by atoms with Crippen molar-refractivity contribution >= 4 is 0 Å². The first-order valence-corrected chi connectivity index (χ1v) is 12.0. The Morgan fingerprint density at radius 2 is 1.85 bits per heavy atom. The number of aryl methyl sites for hydroxylation is 1. The van der Waals surface area contributed by atoms with Gasteiger partial charge in [-0.05, 0) is 61.7 Å². The average molecular weight is 468 g/mol. The molecule has 1 aliphatic rings. The Labute approximate surface area is 201 Å². The van der Waals surface area contributed by atoms with Gasteiger partial charge in [0.15, 0.2) is 11.6 Å². The highest BCUT2D eigenvalue weighted by molar-refractivity contribution is 5.27. The number of rotatable bonds is 11. The molecule has 1 aliphatic heterocycles. The van der Waals surface area contributed by atoms with Crippen molar-refractivity contribution in [2.45, 2.75) is 44.4 Å². The first-order chi connectivity index (χ1) is 16.7. The zero-order valence-corrected chi connectivity index (χ0v) is 19.9. The minimum atomic E-state index is -0.398. The number of methoxy groups -OCH3 is 1. The molecule has 4 rings (SSSR count). The van der Waals surface area contributed by atoms with E-state index < -0.39 is 5.60 Å². The quantitative estimate of drug-likeness (QED) is 0.374. The van der Waals surface area contributed by atoms with Crippen LogP contribution in [0.15, 0.2) is 67.0 Å². The molecule has 1 atom stereocenters. The maximum Gasteiger partial charge on any atom is 0.165 e. The van der Waals surface area contributed by atoms with Crippen LogP contribution in [0.1, 0.15) is 31.2 Å². The number of aromatic nitrogens is 2. The van der Waals surface area contributed by atoms with E-state index in [0.717, 1.165) is 57.6 Å². The first-order valence-electron chi connectivity index (χ1n) is 12.0. The summed E-state index contributed by atoms with van der Waals surface area (Å²) in [5.74, 6) is 0.835. The minimum absolute atomic E-state index is 0.281. The lowest BCUT2D eigenvalue weighted by Crippen LogP contribution is -2.39. The summed E-state index contributed by atoms with van der Waals surface area (Å²) < 4.78 is 33.5. The highest BCUT2D eigenvalue weighted by Crippen LogP contribution is 2.29. The molecule has 0 bridgehead atoms. The maximum absolute atomic E-state index is 13.9. The number of halogens is 1. The Hall–Kier alpha value is -2.90. The molecule has 0 radical (unpaired) electrons. The molecule has 7 heteroatoms. The number of para-hydroxylation sites is 1. The van der Waals surface area contributed by atoms with Crippen LogP contribution in [0, 0.1) is 5.82 Å². The third kappa shape index (κ3) is 6.81. The van der Waals surface area contributed by atoms with E-state index in [1.807, 2.05) is 29.1 Å². The highest BCUT2D eigenvalue weighted by atomic mass is 19.1. The van der Waals surface area contributed by atoms with Gasteiger partial charge in [0.1, 0.15) is 18.0 Å². The Balaban J connectivity index is 1.23. The van der Waals surface area contributed by atoms with Gasteiger partial charge in [0.25, 0.3) is 0 Å². The summed E-state index contributed by atoms with van der Waals surface area (Å²) in [6, 6.07) is 16.8. The minimum Gasteiger partial charge on any atom is -0.494 e. The Kier molecular flexibility index (Phi) is 8.55. The predicted molar refractivity (Wildman–Crippen MR) is 130 cm³/mol. The zero-order valence-electron chi connectivity index (χ0n) is 19.9. The molecule has 0 spiro atoms. The van der Waals surface area contributed by atoms with E-state index in [9.17, 15) is 4.39 Å². The summed E-state index contributed by atoms with van der Waals surface area (Å²) in [5.41, 5.74) is 0.863. The fourth-order valence-electron chi connectivity index (χ4n) is 4.36. The van der Waals surface area contributed by atoms with Gasteiger partial charge in [-0.15, -0.1) is 0 Å². The Morgan fingerprint density at radius 1 is 1.00 bits per heavy atom. The molecule has 1 fully saturated rings. The van der Waals surface area contributed by atoms with Crippen LogP contribution in [-0.2, 0) is 17.8 Å². The molecule has 3 aromatic rings. The van der Waals surface area contributed by atoms with Gasteiger partial charge in [-0.2, -0.15) is 5.10 Å². The van der Waals surface area contributed by atoms with Gasteiger partial charge < -0.3 is 14.2 Å². The SMILES string of the molecule is CO[C@@]1(COc2ccccc2F)CCCN(Cc2ccc(OCCCn3cccn3)cc2)CC1. The van der Waals surface area contributed by atoms with Crippen LogP contribution in [0.5, 0.6) is 11.5 Å². The third-order valence-electron chi connectivity index (χ3n) is 6.44. The summed E-state index contributed by atoms with van der Waals surface area (Å²) in [6.45, 7) is 4.66. The topological polar surface area (TPSA) is 48.8 Å². The molecule has 0 N–H and O–H groups in total. The van der Waals surface area contributed by atoms with Gasteiger partial charge in [-0.1, -0.05) is 24.3 Å². The van der Waals surface area contributed by atoms with Crippen molar-refractivity contribution in [3.63, 3.8) is 0 Å². The largest absolute Gasteiger partial charge is 0.494 e. The average Bonchev–Trinajstić information content (AvgIpc) is 3.30. The lowest BCUT2D eigenvalue weighted by molar-refractivity contribution is -0.0548. The van der Waals surface area contributed by atoms with Crippen molar-refractivity contribution in [3.05, 3.63) is 78.4 Å². The van der Waals surface area contributed by atoms with E-state index in [-0.39, 0.29) is 11.6 Å². The van der Waals surface area contributed by atoms with Gasteiger partial charge in [0.05, 0.1) is 6.61 Å². The van der Waals surface area contributed by atoms with Crippen molar-refractivity contribution in [3.8, 4) is 11.5 Å². The molecule has 0 aliphatic carbocycles. The lowest BCUT2D eigenvalue weighted by Gasteiger charge is -2.31. The molecule has 1 aromatic heterocycles.